The van der Waals surface area contributed by atoms with Gasteiger partial charge in [0.2, 0.25) is 0 Å². The van der Waals surface area contributed by atoms with E-state index < -0.39 is 0 Å². The van der Waals surface area contributed by atoms with Crippen molar-refractivity contribution in [1.29, 1.82) is 0 Å². The lowest BCUT2D eigenvalue weighted by atomic mass is 9.80. The molecule has 80 valence electrons. The number of aromatic nitrogens is 2. The second kappa shape index (κ2) is 4.51. The van der Waals surface area contributed by atoms with Crippen LogP contribution in [0.2, 0.25) is 0 Å². The van der Waals surface area contributed by atoms with E-state index in [1.54, 1.807) is 0 Å². The van der Waals surface area contributed by atoms with Gasteiger partial charge in [-0.15, -0.1) is 0 Å². The van der Waals surface area contributed by atoms with E-state index in [1.807, 2.05) is 19.3 Å². The summed E-state index contributed by atoms with van der Waals surface area (Å²) in [5.74, 6) is 1.66. The third-order valence-electron chi connectivity index (χ3n) is 3.24. The molecule has 0 aromatic carbocycles. The second-order valence-electron chi connectivity index (χ2n) is 4.31. The first-order chi connectivity index (χ1) is 7.29. The van der Waals surface area contributed by atoms with E-state index in [2.05, 4.69) is 9.97 Å². The Morgan fingerprint density at radius 1 is 1.20 bits per heavy atom. The summed E-state index contributed by atoms with van der Waals surface area (Å²) in [7, 11) is 0. The van der Waals surface area contributed by atoms with Crippen molar-refractivity contribution in [3.63, 3.8) is 0 Å². The third kappa shape index (κ3) is 2.41. The highest BCUT2D eigenvalue weighted by Crippen LogP contribution is 2.34. The van der Waals surface area contributed by atoms with Crippen LogP contribution < -0.4 is 0 Å². The lowest BCUT2D eigenvalue weighted by molar-refractivity contribution is -0.111. The topological polar surface area (TPSA) is 42.9 Å². The van der Waals surface area contributed by atoms with Crippen LogP contribution in [0.3, 0.4) is 0 Å². The Kier molecular flexibility index (Phi) is 3.09. The molecule has 0 radical (unpaired) electrons. The maximum absolute atomic E-state index is 10.6. The van der Waals surface area contributed by atoms with Crippen molar-refractivity contribution >= 4 is 6.29 Å². The molecule has 1 aliphatic carbocycles. The molecule has 15 heavy (non-hydrogen) atoms. The van der Waals surface area contributed by atoms with Crippen LogP contribution in [0.4, 0.5) is 0 Å². The van der Waals surface area contributed by atoms with Gasteiger partial charge in [0.25, 0.3) is 0 Å². The van der Waals surface area contributed by atoms with E-state index >= 15 is 0 Å². The maximum Gasteiger partial charge on any atom is 0.125 e. The summed E-state index contributed by atoms with van der Waals surface area (Å²) < 4.78 is 0. The molecule has 2 rings (SSSR count). The Morgan fingerprint density at radius 3 is 2.33 bits per heavy atom. The van der Waals surface area contributed by atoms with Gasteiger partial charge < -0.3 is 4.79 Å². The first-order valence-corrected chi connectivity index (χ1v) is 5.53. The van der Waals surface area contributed by atoms with Gasteiger partial charge in [-0.1, -0.05) is 0 Å². The highest BCUT2D eigenvalue weighted by molar-refractivity contribution is 5.53. The third-order valence-corrected chi connectivity index (χ3v) is 3.24. The number of hydrogen-bond acceptors (Lipinski definition) is 3. The molecule has 1 aliphatic rings. The lowest BCUT2D eigenvalue weighted by Gasteiger charge is -2.25. The molecule has 1 aromatic heterocycles. The summed E-state index contributed by atoms with van der Waals surface area (Å²) in [6.07, 6.45) is 9.17. The van der Waals surface area contributed by atoms with Crippen molar-refractivity contribution < 1.29 is 4.79 Å². The van der Waals surface area contributed by atoms with Crippen LogP contribution >= 0.6 is 0 Å². The minimum absolute atomic E-state index is 0.285. The lowest BCUT2D eigenvalue weighted by Crippen LogP contribution is -2.14. The molecule has 0 N–H and O–H groups in total. The zero-order valence-corrected chi connectivity index (χ0v) is 9.02. The van der Waals surface area contributed by atoms with Gasteiger partial charge >= 0.3 is 0 Å². The average Bonchev–Trinajstić information content (AvgIpc) is 2.30. The highest BCUT2D eigenvalue weighted by Gasteiger charge is 2.22. The quantitative estimate of drug-likeness (QED) is 0.694. The Morgan fingerprint density at radius 2 is 1.80 bits per heavy atom. The van der Waals surface area contributed by atoms with Gasteiger partial charge in [0, 0.05) is 18.3 Å². The summed E-state index contributed by atoms with van der Waals surface area (Å²) >= 11 is 0. The smallest absolute Gasteiger partial charge is 0.125 e. The van der Waals surface area contributed by atoms with Crippen LogP contribution in [0.1, 0.15) is 43.0 Å². The van der Waals surface area contributed by atoms with Crippen LogP contribution in [0.25, 0.3) is 0 Å². The SMILES string of the molecule is Cc1ncc(C2CCC(C=O)CC2)cn1. The molecule has 3 heteroatoms. The van der Waals surface area contributed by atoms with Crippen molar-refractivity contribution in [2.75, 3.05) is 0 Å². The number of aldehydes is 1. The van der Waals surface area contributed by atoms with Gasteiger partial charge in [-0.05, 0) is 44.1 Å². The Bertz CT molecular complexity index is 326. The first kappa shape index (κ1) is 10.3. The van der Waals surface area contributed by atoms with Gasteiger partial charge in [0.05, 0.1) is 0 Å². The average molecular weight is 204 g/mol. The summed E-state index contributed by atoms with van der Waals surface area (Å²) in [6.45, 7) is 1.90. The van der Waals surface area contributed by atoms with Gasteiger partial charge in [0.1, 0.15) is 12.1 Å². The molecule has 1 aromatic rings. The summed E-state index contributed by atoms with van der Waals surface area (Å²) in [5, 5.41) is 0. The largest absolute Gasteiger partial charge is 0.303 e. The fraction of sp³-hybridized carbons (Fsp3) is 0.583. The molecular weight excluding hydrogens is 188 g/mol. The van der Waals surface area contributed by atoms with E-state index in [-0.39, 0.29) is 5.92 Å². The van der Waals surface area contributed by atoms with Crippen molar-refractivity contribution in [3.05, 3.63) is 23.8 Å². The van der Waals surface area contributed by atoms with E-state index in [1.165, 1.54) is 5.56 Å². The number of hydrogen-bond donors (Lipinski definition) is 0. The minimum atomic E-state index is 0.285. The molecule has 0 unspecified atom stereocenters. The number of rotatable bonds is 2. The zero-order chi connectivity index (χ0) is 10.7. The molecule has 0 aliphatic heterocycles. The Balaban J connectivity index is 2.01. The predicted octanol–water partition coefficient (Wildman–Crippen LogP) is 2.26. The van der Waals surface area contributed by atoms with E-state index in [9.17, 15) is 4.79 Å². The Labute approximate surface area is 89.9 Å². The summed E-state index contributed by atoms with van der Waals surface area (Å²) in [4.78, 5) is 19.0. The van der Waals surface area contributed by atoms with Crippen LogP contribution in [0, 0.1) is 12.8 Å². The number of carbonyl (C=O) groups is 1. The molecular formula is C12H16N2O. The molecule has 0 atom stereocenters. The second-order valence-corrected chi connectivity index (χ2v) is 4.31. The van der Waals surface area contributed by atoms with Gasteiger partial charge in [-0.2, -0.15) is 0 Å². The molecule has 1 saturated carbocycles. The maximum atomic E-state index is 10.6. The van der Waals surface area contributed by atoms with Crippen molar-refractivity contribution in [2.45, 2.75) is 38.5 Å². The first-order valence-electron chi connectivity index (χ1n) is 5.53. The predicted molar refractivity (Wildman–Crippen MR) is 57.5 cm³/mol. The van der Waals surface area contributed by atoms with Crippen LogP contribution in [-0.4, -0.2) is 16.3 Å². The minimum Gasteiger partial charge on any atom is -0.303 e. The monoisotopic (exact) mass is 204 g/mol. The molecule has 1 heterocycles. The number of aryl methyl sites for hydroxylation is 1. The summed E-state index contributed by atoms with van der Waals surface area (Å²) in [6, 6.07) is 0. The zero-order valence-electron chi connectivity index (χ0n) is 9.02. The van der Waals surface area contributed by atoms with Crippen molar-refractivity contribution in [1.82, 2.24) is 9.97 Å². The molecule has 3 nitrogen and oxygen atoms in total. The van der Waals surface area contributed by atoms with Gasteiger partial charge in [0.15, 0.2) is 0 Å². The standard InChI is InChI=1S/C12H16N2O/c1-9-13-6-12(7-14-9)11-4-2-10(8-15)3-5-11/h6-8,10-11H,2-5H2,1H3. The van der Waals surface area contributed by atoms with Crippen LogP contribution in [-0.2, 0) is 4.79 Å². The fourth-order valence-corrected chi connectivity index (χ4v) is 2.20. The van der Waals surface area contributed by atoms with E-state index in [0.717, 1.165) is 37.8 Å². The van der Waals surface area contributed by atoms with Crippen molar-refractivity contribution in [3.8, 4) is 0 Å². The van der Waals surface area contributed by atoms with Crippen molar-refractivity contribution in [2.24, 2.45) is 5.92 Å². The normalized spacial score (nSPS) is 26.2. The molecule has 0 bridgehead atoms. The highest BCUT2D eigenvalue weighted by atomic mass is 16.1. The summed E-state index contributed by atoms with van der Waals surface area (Å²) in [5.41, 5.74) is 1.23. The molecule has 0 saturated heterocycles. The van der Waals surface area contributed by atoms with Gasteiger partial charge in [-0.25, -0.2) is 9.97 Å². The van der Waals surface area contributed by atoms with Crippen LogP contribution in [0.5, 0.6) is 0 Å². The van der Waals surface area contributed by atoms with E-state index in [0.29, 0.717) is 5.92 Å². The Hall–Kier alpha value is -1.25. The number of carbonyl (C=O) groups excluding carboxylic acids is 1. The molecule has 0 spiro atoms. The fourth-order valence-electron chi connectivity index (χ4n) is 2.20. The van der Waals surface area contributed by atoms with Crippen LogP contribution in [0.15, 0.2) is 12.4 Å². The molecule has 1 fully saturated rings. The van der Waals surface area contributed by atoms with E-state index in [4.69, 9.17) is 0 Å². The number of nitrogens with zero attached hydrogens (tertiary/aromatic N) is 2. The molecule has 0 amide bonds. The van der Waals surface area contributed by atoms with Gasteiger partial charge in [-0.3, -0.25) is 0 Å².